The molecule has 1 aromatic carbocycles. The number of hydrogen-bond donors (Lipinski definition) is 3. The van der Waals surface area contributed by atoms with Gasteiger partial charge in [0.05, 0.1) is 23.6 Å². The Morgan fingerprint density at radius 2 is 2.20 bits per heavy atom. The number of benzene rings is 1. The zero-order chi connectivity index (χ0) is 18.0. The Kier molecular flexibility index (Phi) is 4.67. The molecule has 0 bridgehead atoms. The van der Waals surface area contributed by atoms with Crippen LogP contribution in [0.5, 0.6) is 0 Å². The number of fused-ring (bicyclic) bond motifs is 3. The molecular weight excluding hydrogens is 316 g/mol. The summed E-state index contributed by atoms with van der Waals surface area (Å²) in [5.41, 5.74) is 15.1. The summed E-state index contributed by atoms with van der Waals surface area (Å²) in [6, 6.07) is 5.76. The highest BCUT2D eigenvalue weighted by Gasteiger charge is 2.13. The molecule has 3 rings (SSSR count). The van der Waals surface area contributed by atoms with Crippen LogP contribution in [0.4, 0.5) is 5.82 Å². The number of aliphatic imine (C=N–C) groups is 1. The van der Waals surface area contributed by atoms with Crippen LogP contribution in [-0.2, 0) is 6.54 Å². The number of aliphatic hydroxyl groups is 1. The number of allylic oxidation sites excluding steroid dienone is 1. The van der Waals surface area contributed by atoms with Gasteiger partial charge in [-0.05, 0) is 30.2 Å². The van der Waals surface area contributed by atoms with Gasteiger partial charge in [-0.15, -0.1) is 0 Å². The molecule has 0 aliphatic heterocycles. The van der Waals surface area contributed by atoms with E-state index in [4.69, 9.17) is 11.5 Å². The Bertz CT molecular complexity index is 973. The number of pyridine rings is 1. The summed E-state index contributed by atoms with van der Waals surface area (Å²) in [5, 5.41) is 16.1. The van der Waals surface area contributed by atoms with Crippen LogP contribution in [0.2, 0.25) is 0 Å². The minimum absolute atomic E-state index is 0.412. The van der Waals surface area contributed by atoms with Crippen LogP contribution in [-0.4, -0.2) is 39.2 Å². The summed E-state index contributed by atoms with van der Waals surface area (Å²) in [4.78, 5) is 8.39. The highest BCUT2D eigenvalue weighted by Crippen LogP contribution is 2.28. The Labute approximate surface area is 145 Å². The van der Waals surface area contributed by atoms with Crippen molar-refractivity contribution in [2.45, 2.75) is 26.0 Å². The van der Waals surface area contributed by atoms with Gasteiger partial charge in [0.2, 0.25) is 0 Å². The standard InChI is InChI=1S/C18H22N6O/c1-3-12(25)9-24-10-14-17(23-24)13-5-4-11(15(19)6-7-21-2)8-16(13)22-18(14)20/h4-8,10,12,25H,3,9,19H2,1-2H3,(H2,20,22). The second-order valence-electron chi connectivity index (χ2n) is 5.93. The zero-order valence-electron chi connectivity index (χ0n) is 14.3. The summed E-state index contributed by atoms with van der Waals surface area (Å²) in [5.74, 6) is 0.412. The van der Waals surface area contributed by atoms with Crippen molar-refractivity contribution in [1.82, 2.24) is 14.8 Å². The molecule has 25 heavy (non-hydrogen) atoms. The van der Waals surface area contributed by atoms with Crippen molar-refractivity contribution in [2.75, 3.05) is 12.8 Å². The molecule has 2 heterocycles. The molecule has 5 N–H and O–H groups in total. The molecule has 7 heteroatoms. The molecule has 0 aliphatic rings. The van der Waals surface area contributed by atoms with Gasteiger partial charge >= 0.3 is 0 Å². The maximum absolute atomic E-state index is 9.85. The largest absolute Gasteiger partial charge is 0.398 e. The Hall–Kier alpha value is -2.93. The Morgan fingerprint density at radius 1 is 1.40 bits per heavy atom. The van der Waals surface area contributed by atoms with E-state index in [1.165, 1.54) is 0 Å². The van der Waals surface area contributed by atoms with Crippen molar-refractivity contribution in [2.24, 2.45) is 10.7 Å². The van der Waals surface area contributed by atoms with Gasteiger partial charge in [0.15, 0.2) is 0 Å². The first-order valence-electron chi connectivity index (χ1n) is 8.16. The number of anilines is 1. The van der Waals surface area contributed by atoms with Crippen molar-refractivity contribution < 1.29 is 5.11 Å². The maximum Gasteiger partial charge on any atom is 0.135 e. The first kappa shape index (κ1) is 16.9. The molecule has 130 valence electrons. The van der Waals surface area contributed by atoms with Crippen LogP contribution in [0.15, 0.2) is 35.5 Å². The van der Waals surface area contributed by atoms with Gasteiger partial charge in [0, 0.05) is 30.5 Å². The summed E-state index contributed by atoms with van der Waals surface area (Å²) >= 11 is 0. The Morgan fingerprint density at radius 3 is 2.92 bits per heavy atom. The van der Waals surface area contributed by atoms with Crippen LogP contribution in [0.1, 0.15) is 18.9 Å². The van der Waals surface area contributed by atoms with Gasteiger partial charge in [-0.2, -0.15) is 5.10 Å². The number of nitrogens with zero attached hydrogens (tertiary/aromatic N) is 4. The molecule has 2 aromatic heterocycles. The molecule has 0 aliphatic carbocycles. The number of aromatic nitrogens is 3. The number of rotatable bonds is 5. The number of aliphatic hydroxyl groups excluding tert-OH is 1. The molecule has 0 saturated carbocycles. The van der Waals surface area contributed by atoms with E-state index < -0.39 is 6.10 Å². The van der Waals surface area contributed by atoms with Gasteiger partial charge in [0.25, 0.3) is 0 Å². The molecule has 0 amide bonds. The molecule has 7 nitrogen and oxygen atoms in total. The molecule has 0 radical (unpaired) electrons. The van der Waals surface area contributed by atoms with Gasteiger partial charge in [-0.3, -0.25) is 9.67 Å². The third-order valence-electron chi connectivity index (χ3n) is 4.14. The van der Waals surface area contributed by atoms with Gasteiger partial charge < -0.3 is 16.6 Å². The normalized spacial score (nSPS) is 14.0. The minimum atomic E-state index is -0.438. The summed E-state index contributed by atoms with van der Waals surface area (Å²) in [7, 11) is 1.69. The van der Waals surface area contributed by atoms with E-state index >= 15 is 0 Å². The lowest BCUT2D eigenvalue weighted by atomic mass is 10.1. The van der Waals surface area contributed by atoms with E-state index in [1.807, 2.05) is 31.3 Å². The second kappa shape index (κ2) is 6.90. The van der Waals surface area contributed by atoms with Crippen molar-refractivity contribution in [3.8, 4) is 0 Å². The third kappa shape index (κ3) is 3.32. The van der Waals surface area contributed by atoms with E-state index in [9.17, 15) is 5.11 Å². The summed E-state index contributed by atoms with van der Waals surface area (Å²) < 4.78 is 1.72. The lowest BCUT2D eigenvalue weighted by molar-refractivity contribution is 0.145. The van der Waals surface area contributed by atoms with E-state index in [0.29, 0.717) is 24.5 Å². The topological polar surface area (TPSA) is 115 Å². The van der Waals surface area contributed by atoms with E-state index in [1.54, 1.807) is 24.0 Å². The molecular formula is C18H22N6O. The first-order chi connectivity index (χ1) is 12.0. The van der Waals surface area contributed by atoms with Crippen LogP contribution in [0.3, 0.4) is 0 Å². The lowest BCUT2D eigenvalue weighted by Crippen LogP contribution is -2.14. The number of nitrogen functional groups attached to an aromatic ring is 1. The van der Waals surface area contributed by atoms with Crippen molar-refractivity contribution in [1.29, 1.82) is 0 Å². The van der Waals surface area contributed by atoms with E-state index in [0.717, 1.165) is 27.4 Å². The fraction of sp³-hybridized carbons (Fsp3) is 0.278. The first-order valence-corrected chi connectivity index (χ1v) is 8.16. The maximum atomic E-state index is 9.85. The van der Waals surface area contributed by atoms with Crippen LogP contribution in [0.25, 0.3) is 27.5 Å². The number of hydrogen-bond acceptors (Lipinski definition) is 6. The summed E-state index contributed by atoms with van der Waals surface area (Å²) in [6.45, 7) is 2.36. The highest BCUT2D eigenvalue weighted by atomic mass is 16.3. The lowest BCUT2D eigenvalue weighted by Gasteiger charge is -2.06. The van der Waals surface area contributed by atoms with E-state index in [2.05, 4.69) is 15.1 Å². The van der Waals surface area contributed by atoms with Crippen LogP contribution >= 0.6 is 0 Å². The molecule has 1 atom stereocenters. The summed E-state index contributed by atoms with van der Waals surface area (Å²) in [6.07, 6.45) is 5.44. The molecule has 0 saturated heterocycles. The quantitative estimate of drug-likeness (QED) is 0.615. The van der Waals surface area contributed by atoms with Crippen molar-refractivity contribution in [3.63, 3.8) is 0 Å². The average Bonchev–Trinajstić information content (AvgIpc) is 3.03. The van der Waals surface area contributed by atoms with Crippen LogP contribution in [0, 0.1) is 0 Å². The molecule has 0 fully saturated rings. The fourth-order valence-electron chi connectivity index (χ4n) is 2.69. The highest BCUT2D eigenvalue weighted by molar-refractivity contribution is 6.08. The van der Waals surface area contributed by atoms with Crippen molar-refractivity contribution in [3.05, 3.63) is 36.0 Å². The minimum Gasteiger partial charge on any atom is -0.398 e. The molecule has 0 spiro atoms. The smallest absolute Gasteiger partial charge is 0.135 e. The second-order valence-corrected chi connectivity index (χ2v) is 5.93. The SMILES string of the molecule is CCC(O)Cn1cc2c(N)nc3cc(C(N)=CC=NC)ccc3c2n1. The third-order valence-corrected chi connectivity index (χ3v) is 4.14. The Balaban J connectivity index is 2.12. The average molecular weight is 338 g/mol. The van der Waals surface area contributed by atoms with Gasteiger partial charge in [-0.1, -0.05) is 13.0 Å². The van der Waals surface area contributed by atoms with Crippen molar-refractivity contribution >= 4 is 39.5 Å². The predicted octanol–water partition coefficient (Wildman–Crippen LogP) is 1.94. The monoisotopic (exact) mass is 338 g/mol. The van der Waals surface area contributed by atoms with E-state index in [-0.39, 0.29) is 0 Å². The predicted molar refractivity (Wildman–Crippen MR) is 102 cm³/mol. The van der Waals surface area contributed by atoms with Gasteiger partial charge in [-0.25, -0.2) is 4.98 Å². The fourth-order valence-corrected chi connectivity index (χ4v) is 2.69. The number of nitrogens with two attached hydrogens (primary N) is 2. The van der Waals surface area contributed by atoms with Crippen LogP contribution < -0.4 is 11.5 Å². The zero-order valence-corrected chi connectivity index (χ0v) is 14.3. The molecule has 1 unspecified atom stereocenters. The molecule has 3 aromatic rings. The van der Waals surface area contributed by atoms with Gasteiger partial charge in [0.1, 0.15) is 11.3 Å².